The molecule has 0 aromatic rings. The van der Waals surface area contributed by atoms with Crippen molar-refractivity contribution in [2.24, 2.45) is 38.4 Å². The molecular weight excluding hydrogens is 590 g/mol. The van der Waals surface area contributed by atoms with E-state index in [4.69, 9.17) is 4.74 Å². The van der Waals surface area contributed by atoms with Crippen LogP contribution in [0.15, 0.2) is 23.3 Å². The summed E-state index contributed by atoms with van der Waals surface area (Å²) < 4.78 is 31.2. The van der Waals surface area contributed by atoms with Crippen molar-refractivity contribution in [1.29, 1.82) is 0 Å². The van der Waals surface area contributed by atoms with Gasteiger partial charge in [0.2, 0.25) is 10.0 Å². The van der Waals surface area contributed by atoms with Crippen LogP contribution in [0.5, 0.6) is 0 Å². The van der Waals surface area contributed by atoms with Crippen LogP contribution in [0.1, 0.15) is 128 Å². The lowest BCUT2D eigenvalue weighted by molar-refractivity contribution is -0.153. The summed E-state index contributed by atoms with van der Waals surface area (Å²) in [5, 5.41) is 0. The monoisotopic (exact) mass is 649 g/mol. The van der Waals surface area contributed by atoms with Crippen LogP contribution < -0.4 is 4.72 Å². The molecule has 0 aliphatic heterocycles. The molecule has 0 bridgehead atoms. The van der Waals surface area contributed by atoms with Crippen LogP contribution in [0.4, 0.5) is 0 Å². The van der Waals surface area contributed by atoms with Crippen molar-refractivity contribution in [2.45, 2.75) is 128 Å². The molecule has 45 heavy (non-hydrogen) atoms. The average Bonchev–Trinajstić information content (AvgIpc) is 2.89. The number of esters is 1. The first-order valence-electron chi connectivity index (χ1n) is 16.3. The van der Waals surface area contributed by atoms with Gasteiger partial charge in [-0.1, -0.05) is 80.4 Å². The van der Waals surface area contributed by atoms with E-state index in [1.54, 1.807) is 26.0 Å². The zero-order chi connectivity index (χ0) is 35.0. The van der Waals surface area contributed by atoms with Crippen LogP contribution in [-0.4, -0.2) is 45.2 Å². The maximum absolute atomic E-state index is 13.7. The fraction of sp³-hybridized carbons (Fsp3) is 0.778. The van der Waals surface area contributed by atoms with E-state index in [2.05, 4.69) is 41.5 Å². The van der Waals surface area contributed by atoms with Crippen molar-refractivity contribution in [1.82, 2.24) is 4.72 Å². The summed E-state index contributed by atoms with van der Waals surface area (Å²) in [5.41, 5.74) is -2.77. The normalized spacial score (nSPS) is 27.7. The number of hydrogen-bond donors (Lipinski definition) is 1. The van der Waals surface area contributed by atoms with Gasteiger partial charge in [-0.2, -0.15) is 0 Å². The number of rotatable bonds is 13. The molecule has 8 nitrogen and oxygen atoms in total. The molecule has 0 aromatic heterocycles. The van der Waals surface area contributed by atoms with E-state index in [-0.39, 0.29) is 28.7 Å². The van der Waals surface area contributed by atoms with Gasteiger partial charge in [-0.15, -0.1) is 0 Å². The highest BCUT2D eigenvalue weighted by Crippen LogP contribution is 2.67. The third kappa shape index (κ3) is 7.99. The molecule has 256 valence electrons. The van der Waals surface area contributed by atoms with Crippen LogP contribution in [0.3, 0.4) is 0 Å². The third-order valence-electron chi connectivity index (χ3n) is 11.6. The molecule has 0 radical (unpaired) electrons. The van der Waals surface area contributed by atoms with E-state index in [1.165, 1.54) is 14.0 Å². The predicted octanol–water partition coefficient (Wildman–Crippen LogP) is 7.13. The van der Waals surface area contributed by atoms with Gasteiger partial charge in [0.05, 0.1) is 24.4 Å². The van der Waals surface area contributed by atoms with Crippen LogP contribution in [0.2, 0.25) is 0 Å². The van der Waals surface area contributed by atoms with E-state index in [0.29, 0.717) is 32.1 Å². The molecule has 1 amide bonds. The smallest absolute Gasteiger partial charge is 0.311 e. The standard InChI is InChI=1S/C36H59NO7S/c1-14-16-31(3,4)18-20-34(9,30(41)44-12)21-19-32(5,6)36(11)17-15-26-33(7,8)28(39)25(29(40)37-45(13,42)43)23-35(26,10)27(36)22-24(2)38/h22-23,26H,14-21H2,1-13H3,(H,37,40)/b27-22-/t26-,34-,35-,36+/m0/s1. The van der Waals surface area contributed by atoms with E-state index in [1.807, 2.05) is 18.6 Å². The maximum atomic E-state index is 13.7. The van der Waals surface area contributed by atoms with Crippen molar-refractivity contribution in [3.05, 3.63) is 23.3 Å². The number of fused-ring (bicyclic) bond motifs is 1. The minimum absolute atomic E-state index is 0.106. The topological polar surface area (TPSA) is 124 Å². The molecule has 0 unspecified atom stereocenters. The number of methoxy groups -OCH3 is 1. The Morgan fingerprint density at radius 2 is 1.56 bits per heavy atom. The number of hydrogen-bond acceptors (Lipinski definition) is 7. The Kier molecular flexibility index (Phi) is 11.3. The molecule has 2 aliphatic carbocycles. The second-order valence-corrected chi connectivity index (χ2v) is 18.3. The van der Waals surface area contributed by atoms with Crippen molar-refractivity contribution in [2.75, 3.05) is 13.4 Å². The molecular formula is C36H59NO7S. The number of ether oxygens (including phenoxy) is 1. The van der Waals surface area contributed by atoms with Crippen LogP contribution in [-0.2, 0) is 33.9 Å². The molecule has 0 aromatic carbocycles. The lowest BCUT2D eigenvalue weighted by atomic mass is 9.42. The number of allylic oxidation sites excluding steroid dienone is 3. The minimum atomic E-state index is -3.91. The highest BCUT2D eigenvalue weighted by Gasteiger charge is 2.61. The number of ketones is 2. The summed E-state index contributed by atoms with van der Waals surface area (Å²) in [7, 11) is -2.47. The second kappa shape index (κ2) is 13.1. The molecule has 2 rings (SSSR count). The number of Topliss-reactive ketones (excluding diaryl/α,β-unsaturated/α-hetero) is 1. The number of amides is 1. The van der Waals surface area contributed by atoms with Gasteiger partial charge in [-0.05, 0) is 87.0 Å². The first-order valence-corrected chi connectivity index (χ1v) is 18.2. The summed E-state index contributed by atoms with van der Waals surface area (Å²) in [6.45, 7) is 22.2. The third-order valence-corrected chi connectivity index (χ3v) is 12.2. The maximum Gasteiger partial charge on any atom is 0.311 e. The quantitative estimate of drug-likeness (QED) is 0.128. The van der Waals surface area contributed by atoms with E-state index >= 15 is 0 Å². The SMILES string of the molecule is CCCC(C)(C)CC[C@@](C)(CCC(C)(C)[C@]1(C)CC[C@H]2C(C)(C)C(=O)C(C(=O)NS(C)(=O)=O)=C[C@]2(C)/C1=C/C(C)=O)C(=O)OC. The van der Waals surface area contributed by atoms with E-state index < -0.39 is 48.8 Å². The summed E-state index contributed by atoms with van der Waals surface area (Å²) in [6, 6.07) is 0. The van der Waals surface area contributed by atoms with Gasteiger partial charge in [0.1, 0.15) is 0 Å². The zero-order valence-corrected chi connectivity index (χ0v) is 31.0. The van der Waals surface area contributed by atoms with Gasteiger partial charge in [0.15, 0.2) is 11.6 Å². The van der Waals surface area contributed by atoms with Crippen molar-refractivity contribution < 1.29 is 32.3 Å². The van der Waals surface area contributed by atoms with Crippen LogP contribution in [0, 0.1) is 38.4 Å². The highest BCUT2D eigenvalue weighted by atomic mass is 32.2. The van der Waals surface area contributed by atoms with Crippen LogP contribution in [0.25, 0.3) is 0 Å². The fourth-order valence-electron chi connectivity index (χ4n) is 8.28. The first kappa shape index (κ1) is 38.9. The number of carbonyl (C=O) groups is 4. The molecule has 0 spiro atoms. The molecule has 2 aliphatic rings. The fourth-order valence-corrected chi connectivity index (χ4v) is 8.72. The van der Waals surface area contributed by atoms with Gasteiger partial charge in [-0.3, -0.25) is 19.2 Å². The van der Waals surface area contributed by atoms with Gasteiger partial charge >= 0.3 is 5.97 Å². The Labute approximate surface area is 272 Å². The lowest BCUT2D eigenvalue weighted by Crippen LogP contribution is -2.57. The zero-order valence-electron chi connectivity index (χ0n) is 30.2. The molecule has 1 N–H and O–H groups in total. The molecule has 0 heterocycles. The van der Waals surface area contributed by atoms with Gasteiger partial charge in [0.25, 0.3) is 5.91 Å². The Morgan fingerprint density at radius 3 is 2.04 bits per heavy atom. The Hall–Kier alpha value is -2.29. The summed E-state index contributed by atoms with van der Waals surface area (Å²) in [4.78, 5) is 53.0. The Bertz CT molecular complexity index is 1370. The Balaban J connectivity index is 2.65. The van der Waals surface area contributed by atoms with Crippen molar-refractivity contribution in [3.63, 3.8) is 0 Å². The largest absolute Gasteiger partial charge is 0.469 e. The van der Waals surface area contributed by atoms with Crippen LogP contribution >= 0.6 is 0 Å². The Morgan fingerprint density at radius 1 is 1.00 bits per heavy atom. The molecule has 1 saturated carbocycles. The molecule has 4 atom stereocenters. The molecule has 1 fully saturated rings. The first-order chi connectivity index (χ1) is 20.2. The second-order valence-electron chi connectivity index (χ2n) is 16.5. The molecule has 9 heteroatoms. The van der Waals surface area contributed by atoms with E-state index in [0.717, 1.165) is 31.1 Å². The van der Waals surface area contributed by atoms with Gasteiger partial charge in [0, 0.05) is 10.8 Å². The van der Waals surface area contributed by atoms with Gasteiger partial charge in [-0.25, -0.2) is 13.1 Å². The summed E-state index contributed by atoms with van der Waals surface area (Å²) in [6.07, 6.45) is 10.5. The van der Waals surface area contributed by atoms with Gasteiger partial charge < -0.3 is 4.74 Å². The minimum Gasteiger partial charge on any atom is -0.469 e. The lowest BCUT2D eigenvalue weighted by Gasteiger charge is -2.61. The molecule has 0 saturated heterocycles. The average molecular weight is 650 g/mol. The van der Waals surface area contributed by atoms with Crippen molar-refractivity contribution in [3.8, 4) is 0 Å². The van der Waals surface area contributed by atoms with E-state index in [9.17, 15) is 27.6 Å². The number of carbonyl (C=O) groups excluding carboxylic acids is 4. The predicted molar refractivity (Wildman–Crippen MR) is 179 cm³/mol. The highest BCUT2D eigenvalue weighted by molar-refractivity contribution is 7.89. The summed E-state index contributed by atoms with van der Waals surface area (Å²) in [5.74, 6) is -1.94. The van der Waals surface area contributed by atoms with Crippen molar-refractivity contribution >= 4 is 33.5 Å². The number of nitrogens with one attached hydrogen (secondary N) is 1. The number of sulfonamides is 1. The summed E-state index contributed by atoms with van der Waals surface area (Å²) >= 11 is 0.